The third kappa shape index (κ3) is 1.40. The highest BCUT2D eigenvalue weighted by Gasteiger charge is 2.22. The van der Waals surface area contributed by atoms with Crippen molar-refractivity contribution in [3.63, 3.8) is 0 Å². The molecule has 2 rings (SSSR count). The maximum atomic E-state index is 10.8. The molecule has 0 aromatic heterocycles. The van der Waals surface area contributed by atoms with Gasteiger partial charge < -0.3 is 4.74 Å². The minimum absolute atomic E-state index is 0.461. The van der Waals surface area contributed by atoms with Crippen LogP contribution in [0.3, 0.4) is 0 Å². The number of halogens is 1. The Bertz CT molecular complexity index is 415. The summed E-state index contributed by atoms with van der Waals surface area (Å²) in [6, 6.07) is 5.30. The van der Waals surface area contributed by atoms with Crippen LogP contribution < -0.4 is 0 Å². The molecular formula is C10H8ClNO2. The molecule has 0 saturated heterocycles. The van der Waals surface area contributed by atoms with Crippen LogP contribution in [0.2, 0.25) is 5.02 Å². The number of carbonyl (C=O) groups is 1. The molecule has 1 aliphatic rings. The van der Waals surface area contributed by atoms with Crippen molar-refractivity contribution < 1.29 is 9.53 Å². The van der Waals surface area contributed by atoms with Gasteiger partial charge in [-0.3, -0.25) is 4.79 Å². The van der Waals surface area contributed by atoms with Crippen LogP contribution in [0, 0.1) is 0 Å². The molecule has 1 aliphatic heterocycles. The predicted octanol–water partition coefficient (Wildman–Crippen LogP) is 2.66. The van der Waals surface area contributed by atoms with E-state index in [2.05, 4.69) is 4.99 Å². The third-order valence-corrected chi connectivity index (χ3v) is 2.32. The zero-order chi connectivity index (χ0) is 10.1. The molecular weight excluding hydrogens is 202 g/mol. The monoisotopic (exact) mass is 209 g/mol. The summed E-state index contributed by atoms with van der Waals surface area (Å²) < 4.78 is 5.24. The van der Waals surface area contributed by atoms with Gasteiger partial charge in [0.25, 0.3) is 0 Å². The summed E-state index contributed by atoms with van der Waals surface area (Å²) in [6.45, 7) is 1.70. The van der Waals surface area contributed by atoms with Gasteiger partial charge in [-0.05, 0) is 6.07 Å². The van der Waals surface area contributed by atoms with E-state index in [1.807, 2.05) is 0 Å². The van der Waals surface area contributed by atoms with E-state index in [-0.39, 0.29) is 0 Å². The summed E-state index contributed by atoms with van der Waals surface area (Å²) in [4.78, 5) is 14.9. The second-order valence-corrected chi connectivity index (χ2v) is 3.39. The number of carbonyl (C=O) groups excluding carboxylic acids is 1. The highest BCUT2D eigenvalue weighted by molar-refractivity contribution is 6.33. The minimum atomic E-state index is -0.582. The molecule has 0 spiro atoms. The Morgan fingerprint density at radius 3 is 3.07 bits per heavy atom. The van der Waals surface area contributed by atoms with Crippen molar-refractivity contribution >= 4 is 29.5 Å². The number of fused-ring (bicyclic) bond motifs is 1. The molecule has 0 fully saturated rings. The summed E-state index contributed by atoms with van der Waals surface area (Å²) in [5.41, 5.74) is 1.35. The first kappa shape index (κ1) is 9.21. The average molecular weight is 210 g/mol. The molecule has 72 valence electrons. The summed E-state index contributed by atoms with van der Waals surface area (Å²) >= 11 is 5.95. The first-order valence-corrected chi connectivity index (χ1v) is 4.56. The third-order valence-electron chi connectivity index (χ3n) is 2.01. The van der Waals surface area contributed by atoms with Crippen molar-refractivity contribution in [1.82, 2.24) is 0 Å². The zero-order valence-corrected chi connectivity index (χ0v) is 8.28. The Hall–Kier alpha value is -1.35. The van der Waals surface area contributed by atoms with Gasteiger partial charge in [0.15, 0.2) is 18.3 Å². The molecule has 1 atom stereocenters. The molecule has 0 amide bonds. The first-order valence-electron chi connectivity index (χ1n) is 4.18. The van der Waals surface area contributed by atoms with E-state index in [0.717, 1.165) is 11.8 Å². The van der Waals surface area contributed by atoms with E-state index < -0.39 is 6.10 Å². The molecule has 1 unspecified atom stereocenters. The topological polar surface area (TPSA) is 38.7 Å². The summed E-state index contributed by atoms with van der Waals surface area (Å²) in [6.07, 6.45) is 0.161. The van der Waals surface area contributed by atoms with E-state index in [1.165, 1.54) is 0 Å². The Morgan fingerprint density at radius 2 is 2.36 bits per heavy atom. The SMILES string of the molecule is CC1=Nc2c(Cl)cccc2C(C=O)O1. The maximum Gasteiger partial charge on any atom is 0.186 e. The predicted molar refractivity (Wildman–Crippen MR) is 54.1 cm³/mol. The number of para-hydroxylation sites is 1. The van der Waals surface area contributed by atoms with Crippen LogP contribution in [0.4, 0.5) is 5.69 Å². The highest BCUT2D eigenvalue weighted by Crippen LogP contribution is 2.37. The summed E-state index contributed by atoms with van der Waals surface area (Å²) in [5, 5.41) is 0.539. The van der Waals surface area contributed by atoms with Gasteiger partial charge in [0.05, 0.1) is 10.7 Å². The van der Waals surface area contributed by atoms with Crippen LogP contribution in [0.5, 0.6) is 0 Å². The van der Waals surface area contributed by atoms with Crippen molar-refractivity contribution in [2.24, 2.45) is 4.99 Å². The second kappa shape index (κ2) is 3.42. The van der Waals surface area contributed by atoms with Gasteiger partial charge in [-0.1, -0.05) is 23.7 Å². The van der Waals surface area contributed by atoms with Gasteiger partial charge in [-0.2, -0.15) is 0 Å². The molecule has 1 aromatic carbocycles. The molecule has 0 aliphatic carbocycles. The van der Waals surface area contributed by atoms with E-state index in [9.17, 15) is 4.79 Å². The molecule has 0 N–H and O–H groups in total. The molecule has 0 radical (unpaired) electrons. The van der Waals surface area contributed by atoms with Gasteiger partial charge in [0, 0.05) is 12.5 Å². The Morgan fingerprint density at radius 1 is 1.57 bits per heavy atom. The molecule has 14 heavy (non-hydrogen) atoms. The second-order valence-electron chi connectivity index (χ2n) is 2.98. The molecule has 4 heteroatoms. The lowest BCUT2D eigenvalue weighted by atomic mass is 10.1. The van der Waals surface area contributed by atoms with E-state index in [4.69, 9.17) is 16.3 Å². The summed E-state index contributed by atoms with van der Waals surface area (Å²) in [5.74, 6) is 0.461. The average Bonchev–Trinajstić information content (AvgIpc) is 2.18. The molecule has 3 nitrogen and oxygen atoms in total. The zero-order valence-electron chi connectivity index (χ0n) is 7.53. The molecule has 1 heterocycles. The van der Waals surface area contributed by atoms with Crippen LogP contribution in [-0.4, -0.2) is 12.2 Å². The lowest BCUT2D eigenvalue weighted by molar-refractivity contribution is -0.114. The number of benzene rings is 1. The van der Waals surface area contributed by atoms with Gasteiger partial charge in [0.2, 0.25) is 0 Å². The van der Waals surface area contributed by atoms with Gasteiger partial charge in [0.1, 0.15) is 0 Å². The molecule has 0 bridgehead atoms. The standard InChI is InChI=1S/C10H8ClNO2/c1-6-12-10-7(9(5-13)14-6)3-2-4-8(10)11/h2-5,9H,1H3. The molecule has 1 aromatic rings. The molecule has 0 saturated carbocycles. The first-order chi connectivity index (χ1) is 6.72. The Kier molecular flexibility index (Phi) is 2.25. The Balaban J connectivity index is 2.62. The number of aldehydes is 1. The fourth-order valence-electron chi connectivity index (χ4n) is 1.41. The van der Waals surface area contributed by atoms with Gasteiger partial charge in [-0.15, -0.1) is 0 Å². The van der Waals surface area contributed by atoms with Crippen LogP contribution in [0.25, 0.3) is 0 Å². The largest absolute Gasteiger partial charge is 0.465 e. The van der Waals surface area contributed by atoms with Gasteiger partial charge in [-0.25, -0.2) is 4.99 Å². The lowest BCUT2D eigenvalue weighted by Crippen LogP contribution is -2.14. The summed E-state index contributed by atoms with van der Waals surface area (Å²) in [7, 11) is 0. The minimum Gasteiger partial charge on any atom is -0.465 e. The van der Waals surface area contributed by atoms with Crippen molar-refractivity contribution in [2.45, 2.75) is 13.0 Å². The highest BCUT2D eigenvalue weighted by atomic mass is 35.5. The number of hydrogen-bond donors (Lipinski definition) is 0. The van der Waals surface area contributed by atoms with Crippen molar-refractivity contribution in [1.29, 1.82) is 0 Å². The number of ether oxygens (including phenoxy) is 1. The quantitative estimate of drug-likeness (QED) is 0.667. The van der Waals surface area contributed by atoms with Crippen molar-refractivity contribution in [3.8, 4) is 0 Å². The van der Waals surface area contributed by atoms with Crippen molar-refractivity contribution in [2.75, 3.05) is 0 Å². The number of nitrogens with zero attached hydrogens (tertiary/aromatic N) is 1. The van der Waals surface area contributed by atoms with Crippen LogP contribution in [0.15, 0.2) is 23.2 Å². The van der Waals surface area contributed by atoms with E-state index in [0.29, 0.717) is 16.6 Å². The van der Waals surface area contributed by atoms with Gasteiger partial charge >= 0.3 is 0 Å². The lowest BCUT2D eigenvalue weighted by Gasteiger charge is -2.20. The normalized spacial score (nSPS) is 19.3. The van der Waals surface area contributed by atoms with E-state index >= 15 is 0 Å². The smallest absolute Gasteiger partial charge is 0.186 e. The van der Waals surface area contributed by atoms with Crippen LogP contribution in [-0.2, 0) is 9.53 Å². The fraction of sp³-hybridized carbons (Fsp3) is 0.200. The van der Waals surface area contributed by atoms with Crippen LogP contribution in [0.1, 0.15) is 18.6 Å². The number of rotatable bonds is 1. The maximum absolute atomic E-state index is 10.8. The van der Waals surface area contributed by atoms with Crippen molar-refractivity contribution in [3.05, 3.63) is 28.8 Å². The number of aliphatic imine (C=N–C) groups is 1. The van der Waals surface area contributed by atoms with Crippen LogP contribution >= 0.6 is 11.6 Å². The Labute approximate surface area is 86.4 Å². The van der Waals surface area contributed by atoms with E-state index in [1.54, 1.807) is 25.1 Å². The fourth-order valence-corrected chi connectivity index (χ4v) is 1.64. The number of hydrogen-bond acceptors (Lipinski definition) is 3.